The van der Waals surface area contributed by atoms with Crippen molar-refractivity contribution in [2.45, 2.75) is 39.2 Å². The van der Waals surface area contributed by atoms with Crippen molar-refractivity contribution in [1.29, 1.82) is 0 Å². The number of amides is 1. The normalized spacial score (nSPS) is 12.2. The van der Waals surface area contributed by atoms with E-state index in [4.69, 9.17) is 0 Å². The van der Waals surface area contributed by atoms with E-state index >= 15 is 0 Å². The molecule has 4 heteroatoms. The maximum absolute atomic E-state index is 11.9. The van der Waals surface area contributed by atoms with Crippen LogP contribution in [0.15, 0.2) is 18.2 Å². The first-order valence-electron chi connectivity index (χ1n) is 6.36. The number of rotatable bonds is 6. The minimum Gasteiger partial charge on any atom is -0.507 e. The van der Waals surface area contributed by atoms with Crippen molar-refractivity contribution < 1.29 is 15.0 Å². The Labute approximate surface area is 108 Å². The first kappa shape index (κ1) is 14.5. The summed E-state index contributed by atoms with van der Waals surface area (Å²) in [5.74, 6) is -0.313. The smallest absolute Gasteiger partial charge is 0.255 e. The van der Waals surface area contributed by atoms with Crippen LogP contribution in [0.25, 0.3) is 0 Å². The number of benzene rings is 1. The second-order valence-electron chi connectivity index (χ2n) is 4.31. The van der Waals surface area contributed by atoms with Crippen LogP contribution >= 0.6 is 0 Å². The lowest BCUT2D eigenvalue weighted by Gasteiger charge is -2.10. The van der Waals surface area contributed by atoms with Gasteiger partial charge in [0.15, 0.2) is 0 Å². The molecule has 0 spiro atoms. The molecule has 0 aliphatic rings. The van der Waals surface area contributed by atoms with Gasteiger partial charge >= 0.3 is 0 Å². The summed E-state index contributed by atoms with van der Waals surface area (Å²) in [6, 6.07) is 5.03. The van der Waals surface area contributed by atoms with E-state index in [2.05, 4.69) is 5.32 Å². The number of aromatic hydroxyl groups is 1. The van der Waals surface area contributed by atoms with Crippen molar-refractivity contribution in [2.24, 2.45) is 0 Å². The first-order valence-corrected chi connectivity index (χ1v) is 6.36. The van der Waals surface area contributed by atoms with E-state index < -0.39 is 0 Å². The fraction of sp³-hybridized carbons (Fsp3) is 0.500. The molecule has 0 heterocycles. The van der Waals surface area contributed by atoms with Crippen LogP contribution < -0.4 is 5.32 Å². The van der Waals surface area contributed by atoms with Gasteiger partial charge in [-0.25, -0.2) is 0 Å². The number of hydrogen-bond donors (Lipinski definition) is 3. The summed E-state index contributed by atoms with van der Waals surface area (Å²) in [6.07, 6.45) is 1.62. The monoisotopic (exact) mass is 251 g/mol. The summed E-state index contributed by atoms with van der Waals surface area (Å²) < 4.78 is 0. The molecule has 100 valence electrons. The highest BCUT2D eigenvalue weighted by molar-refractivity contribution is 5.96. The molecule has 0 aromatic heterocycles. The van der Waals surface area contributed by atoms with Crippen molar-refractivity contribution in [3.63, 3.8) is 0 Å². The van der Waals surface area contributed by atoms with E-state index in [9.17, 15) is 15.0 Å². The van der Waals surface area contributed by atoms with Crippen LogP contribution in [0.2, 0.25) is 0 Å². The molecule has 4 nitrogen and oxygen atoms in total. The molecular weight excluding hydrogens is 230 g/mol. The minimum atomic E-state index is -0.388. The molecule has 0 aliphatic heterocycles. The number of phenolic OH excluding ortho intramolecular Hbond substituents is 1. The Morgan fingerprint density at radius 1 is 1.39 bits per heavy atom. The number of nitrogens with one attached hydrogen (secondary N) is 1. The van der Waals surface area contributed by atoms with Gasteiger partial charge in [-0.05, 0) is 37.0 Å². The Balaban J connectivity index is 2.61. The second kappa shape index (κ2) is 7.01. The third kappa shape index (κ3) is 4.04. The van der Waals surface area contributed by atoms with Gasteiger partial charge in [-0.1, -0.05) is 19.9 Å². The van der Waals surface area contributed by atoms with Gasteiger partial charge < -0.3 is 15.5 Å². The number of aliphatic hydroxyl groups is 1. The highest BCUT2D eigenvalue weighted by atomic mass is 16.3. The van der Waals surface area contributed by atoms with Gasteiger partial charge in [-0.3, -0.25) is 4.79 Å². The molecule has 0 fully saturated rings. The van der Waals surface area contributed by atoms with Gasteiger partial charge in [0.2, 0.25) is 0 Å². The predicted molar refractivity (Wildman–Crippen MR) is 70.7 cm³/mol. The summed E-state index contributed by atoms with van der Waals surface area (Å²) in [7, 11) is 0. The molecule has 0 saturated carbocycles. The van der Waals surface area contributed by atoms with E-state index in [1.54, 1.807) is 12.1 Å². The molecule has 1 amide bonds. The molecule has 3 N–H and O–H groups in total. The average Bonchev–Trinajstić information content (AvgIpc) is 2.38. The number of carbonyl (C=O) groups is 1. The minimum absolute atomic E-state index is 0.0132. The highest BCUT2D eigenvalue weighted by Gasteiger charge is 2.11. The maximum Gasteiger partial charge on any atom is 0.255 e. The summed E-state index contributed by atoms with van der Waals surface area (Å²) in [4.78, 5) is 11.9. The third-order valence-corrected chi connectivity index (χ3v) is 2.95. The maximum atomic E-state index is 11.9. The quantitative estimate of drug-likeness (QED) is 0.722. The Morgan fingerprint density at radius 3 is 2.72 bits per heavy atom. The molecule has 0 bridgehead atoms. The molecule has 1 atom stereocenters. The van der Waals surface area contributed by atoms with Crippen LogP contribution in [0.3, 0.4) is 0 Å². The number of aryl methyl sites for hydroxylation is 1. The van der Waals surface area contributed by atoms with Crippen LogP contribution in [0.4, 0.5) is 0 Å². The van der Waals surface area contributed by atoms with Gasteiger partial charge in [0.05, 0.1) is 11.7 Å². The van der Waals surface area contributed by atoms with Crippen LogP contribution in [0.5, 0.6) is 5.75 Å². The number of aliphatic hydroxyl groups excluding tert-OH is 1. The fourth-order valence-electron chi connectivity index (χ4n) is 1.64. The summed E-state index contributed by atoms with van der Waals surface area (Å²) in [5.41, 5.74) is 1.30. The Kier molecular flexibility index (Phi) is 5.65. The van der Waals surface area contributed by atoms with Crippen LogP contribution in [0, 0.1) is 0 Å². The number of carbonyl (C=O) groups excluding carboxylic acids is 1. The Bertz CT molecular complexity index is 404. The molecule has 18 heavy (non-hydrogen) atoms. The van der Waals surface area contributed by atoms with E-state index in [0.717, 1.165) is 12.0 Å². The molecular formula is C14H21NO3. The molecule has 1 unspecified atom stereocenters. The topological polar surface area (TPSA) is 69.6 Å². The zero-order chi connectivity index (χ0) is 13.5. The van der Waals surface area contributed by atoms with Gasteiger partial charge in [0.1, 0.15) is 5.75 Å². The van der Waals surface area contributed by atoms with Crippen molar-refractivity contribution in [3.8, 4) is 5.75 Å². The molecule has 1 aromatic rings. The first-order chi connectivity index (χ1) is 8.58. The molecule has 0 aliphatic carbocycles. The van der Waals surface area contributed by atoms with Crippen LogP contribution in [0.1, 0.15) is 42.6 Å². The fourth-order valence-corrected chi connectivity index (χ4v) is 1.64. The molecule has 0 saturated heterocycles. The summed E-state index contributed by atoms with van der Waals surface area (Å²) in [6.45, 7) is 4.29. The highest BCUT2D eigenvalue weighted by Crippen LogP contribution is 2.18. The summed E-state index contributed by atoms with van der Waals surface area (Å²) in [5, 5.41) is 21.7. The lowest BCUT2D eigenvalue weighted by atomic mass is 10.1. The van der Waals surface area contributed by atoms with Crippen molar-refractivity contribution in [3.05, 3.63) is 29.3 Å². The number of phenols is 1. The standard InChI is InChI=1S/C14H21NO3/c1-3-10-5-6-13(17)12(9-10)14(18)15-8-7-11(16)4-2/h5-6,9,11,16-17H,3-4,7-8H2,1-2H3,(H,15,18). The van der Waals surface area contributed by atoms with Gasteiger partial charge in [0, 0.05) is 6.54 Å². The van der Waals surface area contributed by atoms with E-state index in [0.29, 0.717) is 24.9 Å². The van der Waals surface area contributed by atoms with Crippen molar-refractivity contribution >= 4 is 5.91 Å². The van der Waals surface area contributed by atoms with Gasteiger partial charge in [-0.2, -0.15) is 0 Å². The van der Waals surface area contributed by atoms with Crippen molar-refractivity contribution in [1.82, 2.24) is 5.32 Å². The predicted octanol–water partition coefficient (Wildman–Crippen LogP) is 1.85. The van der Waals surface area contributed by atoms with E-state index in [-0.39, 0.29) is 17.8 Å². The zero-order valence-electron chi connectivity index (χ0n) is 10.9. The molecule has 1 rings (SSSR count). The largest absolute Gasteiger partial charge is 0.507 e. The average molecular weight is 251 g/mol. The zero-order valence-corrected chi connectivity index (χ0v) is 10.9. The molecule has 0 radical (unpaired) electrons. The molecule has 1 aromatic carbocycles. The van der Waals surface area contributed by atoms with E-state index in [1.165, 1.54) is 6.07 Å². The SMILES string of the molecule is CCc1ccc(O)c(C(=O)NCCC(O)CC)c1. The van der Waals surface area contributed by atoms with Gasteiger partial charge in [0.25, 0.3) is 5.91 Å². The lowest BCUT2D eigenvalue weighted by Crippen LogP contribution is -2.27. The van der Waals surface area contributed by atoms with Crippen LogP contribution in [-0.2, 0) is 6.42 Å². The lowest BCUT2D eigenvalue weighted by molar-refractivity contribution is 0.0939. The van der Waals surface area contributed by atoms with Crippen molar-refractivity contribution in [2.75, 3.05) is 6.54 Å². The third-order valence-electron chi connectivity index (χ3n) is 2.95. The number of hydrogen-bond acceptors (Lipinski definition) is 3. The Hall–Kier alpha value is -1.55. The van der Waals surface area contributed by atoms with Crippen LogP contribution in [-0.4, -0.2) is 28.8 Å². The summed E-state index contributed by atoms with van der Waals surface area (Å²) >= 11 is 0. The Morgan fingerprint density at radius 2 is 2.11 bits per heavy atom. The van der Waals surface area contributed by atoms with Gasteiger partial charge in [-0.15, -0.1) is 0 Å². The second-order valence-corrected chi connectivity index (χ2v) is 4.31. The van der Waals surface area contributed by atoms with E-state index in [1.807, 2.05) is 13.8 Å².